The summed E-state index contributed by atoms with van der Waals surface area (Å²) < 4.78 is 20.2. The molecule has 0 aliphatic rings. The van der Waals surface area contributed by atoms with E-state index in [1.54, 1.807) is 50.5 Å². The number of amides is 1. The Morgan fingerprint density at radius 3 is 2.56 bits per heavy atom. The van der Waals surface area contributed by atoms with Gasteiger partial charge in [-0.3, -0.25) is 14.6 Å². The molecule has 0 fully saturated rings. The van der Waals surface area contributed by atoms with Gasteiger partial charge in [-0.15, -0.1) is 0 Å². The third-order valence-corrected chi connectivity index (χ3v) is 5.56. The predicted molar refractivity (Wildman–Crippen MR) is 124 cm³/mol. The Labute approximate surface area is 187 Å². The largest absolute Gasteiger partial charge is 0.496 e. The third-order valence-electron chi connectivity index (χ3n) is 5.56. The molecule has 1 amide bonds. The average Bonchev–Trinajstić information content (AvgIpc) is 2.81. The molecule has 0 N–H and O–H groups in total. The number of ether oxygens (including phenoxy) is 1. The number of halogens is 1. The Balaban J connectivity index is 1.82. The van der Waals surface area contributed by atoms with Gasteiger partial charge in [-0.05, 0) is 54.8 Å². The highest BCUT2D eigenvalue weighted by atomic mass is 19.1. The number of hydrogen-bond donors (Lipinski definition) is 0. The summed E-state index contributed by atoms with van der Waals surface area (Å²) in [6.45, 7) is 3.66. The summed E-state index contributed by atoms with van der Waals surface area (Å²) in [6, 6.07) is 13.7. The monoisotopic (exact) mass is 434 g/mol. The summed E-state index contributed by atoms with van der Waals surface area (Å²) in [5, 5.41) is 0. The molecule has 5 nitrogen and oxygen atoms in total. The van der Waals surface area contributed by atoms with Crippen LogP contribution in [0.1, 0.15) is 41.4 Å². The summed E-state index contributed by atoms with van der Waals surface area (Å²) in [5.74, 6) is -0.183. The van der Waals surface area contributed by atoms with E-state index in [1.807, 2.05) is 19.1 Å². The fourth-order valence-corrected chi connectivity index (χ4v) is 3.60. The second-order valence-corrected chi connectivity index (χ2v) is 7.56. The standard InChI is InChI=1S/C26H27FN2O3/c1-5-26(31)29(3)23-12-9-19(15-22(23)27)21-11-8-20(16-25(21)32-4)24(30)13-10-18-7-6-14-28-17(18)2/h6-9,11-12,14-16H,5,10,13H2,1-4H3. The molecular formula is C26H27FN2O3. The molecule has 0 atom stereocenters. The van der Waals surface area contributed by atoms with Gasteiger partial charge in [0.05, 0.1) is 12.8 Å². The minimum Gasteiger partial charge on any atom is -0.496 e. The van der Waals surface area contributed by atoms with Gasteiger partial charge in [-0.1, -0.05) is 25.1 Å². The number of nitrogens with zero attached hydrogens (tertiary/aromatic N) is 2. The molecule has 0 aliphatic heterocycles. The fourth-order valence-electron chi connectivity index (χ4n) is 3.60. The first-order valence-electron chi connectivity index (χ1n) is 10.5. The molecule has 0 saturated carbocycles. The van der Waals surface area contributed by atoms with Crippen molar-refractivity contribution in [1.29, 1.82) is 0 Å². The van der Waals surface area contributed by atoms with Crippen LogP contribution in [0.4, 0.5) is 10.1 Å². The Morgan fingerprint density at radius 1 is 1.12 bits per heavy atom. The highest BCUT2D eigenvalue weighted by molar-refractivity contribution is 5.97. The van der Waals surface area contributed by atoms with Crippen LogP contribution in [0.15, 0.2) is 54.7 Å². The number of anilines is 1. The van der Waals surface area contributed by atoms with Crippen LogP contribution >= 0.6 is 0 Å². The van der Waals surface area contributed by atoms with Crippen molar-refractivity contribution in [2.24, 2.45) is 0 Å². The lowest BCUT2D eigenvalue weighted by molar-refractivity contribution is -0.118. The molecule has 0 saturated heterocycles. The predicted octanol–water partition coefficient (Wildman–Crippen LogP) is 5.39. The lowest BCUT2D eigenvalue weighted by Gasteiger charge is -2.18. The van der Waals surface area contributed by atoms with E-state index >= 15 is 0 Å². The van der Waals surface area contributed by atoms with Gasteiger partial charge in [0.15, 0.2) is 5.78 Å². The highest BCUT2D eigenvalue weighted by Crippen LogP contribution is 2.34. The van der Waals surface area contributed by atoms with E-state index in [9.17, 15) is 14.0 Å². The lowest BCUT2D eigenvalue weighted by Crippen LogP contribution is -2.25. The number of carbonyl (C=O) groups is 2. The first kappa shape index (κ1) is 23.1. The van der Waals surface area contributed by atoms with E-state index in [0.29, 0.717) is 41.7 Å². The maximum absolute atomic E-state index is 14.7. The van der Waals surface area contributed by atoms with Gasteiger partial charge in [0.1, 0.15) is 11.6 Å². The molecule has 3 aromatic rings. The molecule has 1 aromatic heterocycles. The summed E-state index contributed by atoms with van der Waals surface area (Å²) >= 11 is 0. The van der Waals surface area contributed by atoms with Crippen LogP contribution in [-0.4, -0.2) is 30.8 Å². The van der Waals surface area contributed by atoms with Gasteiger partial charge in [0.2, 0.25) is 5.91 Å². The number of rotatable bonds is 8. The Morgan fingerprint density at radius 2 is 1.91 bits per heavy atom. The molecule has 3 rings (SSSR count). The zero-order valence-electron chi connectivity index (χ0n) is 18.8. The van der Waals surface area contributed by atoms with E-state index in [4.69, 9.17) is 4.74 Å². The van der Waals surface area contributed by atoms with Crippen molar-refractivity contribution >= 4 is 17.4 Å². The topological polar surface area (TPSA) is 59.5 Å². The van der Waals surface area contributed by atoms with E-state index in [2.05, 4.69) is 4.98 Å². The smallest absolute Gasteiger partial charge is 0.226 e. The minimum atomic E-state index is -0.499. The molecule has 6 heteroatoms. The molecular weight excluding hydrogens is 407 g/mol. The summed E-state index contributed by atoms with van der Waals surface area (Å²) in [5.41, 5.74) is 4.00. The van der Waals surface area contributed by atoms with Crippen LogP contribution in [0.5, 0.6) is 5.75 Å². The second kappa shape index (κ2) is 10.2. The van der Waals surface area contributed by atoms with Gasteiger partial charge >= 0.3 is 0 Å². The number of ketones is 1. The van der Waals surface area contributed by atoms with Crippen molar-refractivity contribution in [2.45, 2.75) is 33.1 Å². The molecule has 0 aliphatic carbocycles. The van der Waals surface area contributed by atoms with Crippen LogP contribution in [0.3, 0.4) is 0 Å². The maximum atomic E-state index is 14.7. The van der Waals surface area contributed by atoms with E-state index in [-0.39, 0.29) is 17.4 Å². The molecule has 0 unspecified atom stereocenters. The van der Waals surface area contributed by atoms with Crippen molar-refractivity contribution in [2.75, 3.05) is 19.1 Å². The van der Waals surface area contributed by atoms with Crippen LogP contribution in [0.2, 0.25) is 0 Å². The van der Waals surface area contributed by atoms with Gasteiger partial charge < -0.3 is 9.64 Å². The van der Waals surface area contributed by atoms with Gasteiger partial charge in [-0.25, -0.2) is 4.39 Å². The maximum Gasteiger partial charge on any atom is 0.226 e. The average molecular weight is 435 g/mol. The van der Waals surface area contributed by atoms with Gasteiger partial charge in [0.25, 0.3) is 0 Å². The van der Waals surface area contributed by atoms with Crippen LogP contribution in [-0.2, 0) is 11.2 Å². The third kappa shape index (κ3) is 5.02. The Hall–Kier alpha value is -3.54. The molecule has 32 heavy (non-hydrogen) atoms. The number of carbonyl (C=O) groups excluding carboxylic acids is 2. The quantitative estimate of drug-likeness (QED) is 0.446. The lowest BCUT2D eigenvalue weighted by atomic mass is 9.98. The van der Waals surface area contributed by atoms with E-state index < -0.39 is 5.82 Å². The van der Waals surface area contributed by atoms with Crippen molar-refractivity contribution in [3.63, 3.8) is 0 Å². The van der Waals surface area contributed by atoms with Crippen LogP contribution < -0.4 is 9.64 Å². The van der Waals surface area contributed by atoms with Gasteiger partial charge in [0, 0.05) is 42.9 Å². The minimum absolute atomic E-state index is 0.000616. The number of pyridine rings is 1. The number of hydrogen-bond acceptors (Lipinski definition) is 4. The van der Waals surface area contributed by atoms with Crippen molar-refractivity contribution in [3.8, 4) is 16.9 Å². The highest BCUT2D eigenvalue weighted by Gasteiger charge is 2.17. The summed E-state index contributed by atoms with van der Waals surface area (Å²) in [7, 11) is 3.07. The molecule has 0 bridgehead atoms. The number of aromatic nitrogens is 1. The van der Waals surface area contributed by atoms with Crippen molar-refractivity contribution in [3.05, 3.63) is 77.4 Å². The second-order valence-electron chi connectivity index (χ2n) is 7.56. The van der Waals surface area contributed by atoms with Gasteiger partial charge in [-0.2, -0.15) is 0 Å². The van der Waals surface area contributed by atoms with Crippen molar-refractivity contribution < 1.29 is 18.7 Å². The first-order chi connectivity index (χ1) is 15.3. The van der Waals surface area contributed by atoms with Crippen LogP contribution in [0, 0.1) is 12.7 Å². The molecule has 166 valence electrons. The molecule has 2 aromatic carbocycles. The molecule has 0 radical (unpaired) electrons. The summed E-state index contributed by atoms with van der Waals surface area (Å²) in [4.78, 5) is 30.2. The normalized spacial score (nSPS) is 10.7. The number of benzene rings is 2. The van der Waals surface area contributed by atoms with Crippen molar-refractivity contribution in [1.82, 2.24) is 4.98 Å². The first-order valence-corrected chi connectivity index (χ1v) is 10.5. The SMILES string of the molecule is CCC(=O)N(C)c1ccc(-c2ccc(C(=O)CCc3cccnc3C)cc2OC)cc1F. The van der Waals surface area contributed by atoms with E-state index in [1.165, 1.54) is 18.1 Å². The zero-order valence-corrected chi connectivity index (χ0v) is 18.8. The molecule has 0 spiro atoms. The number of Topliss-reactive ketones (excluding diaryl/α,β-unsaturated/α-hetero) is 1. The van der Waals surface area contributed by atoms with Crippen LogP contribution in [0.25, 0.3) is 11.1 Å². The number of methoxy groups -OCH3 is 1. The number of aryl methyl sites for hydroxylation is 2. The fraction of sp³-hybridized carbons (Fsp3) is 0.269. The molecule has 1 heterocycles. The Kier molecular flexibility index (Phi) is 7.36. The Bertz CT molecular complexity index is 1140. The summed E-state index contributed by atoms with van der Waals surface area (Å²) in [6.07, 6.45) is 3.00. The van der Waals surface area contributed by atoms with E-state index in [0.717, 1.165) is 11.3 Å². The zero-order chi connectivity index (χ0) is 23.3.